The van der Waals surface area contributed by atoms with E-state index in [4.69, 9.17) is 5.41 Å². The summed E-state index contributed by atoms with van der Waals surface area (Å²) in [5, 5.41) is 23.0. The van der Waals surface area contributed by atoms with Gasteiger partial charge in [-0.15, -0.1) is 0 Å². The predicted molar refractivity (Wildman–Crippen MR) is 188 cm³/mol. The molecule has 2 aromatic carbocycles. The number of aromatic nitrogens is 1. The van der Waals surface area contributed by atoms with Gasteiger partial charge in [0.15, 0.2) is 0 Å². The molecule has 2 unspecified atom stereocenters. The van der Waals surface area contributed by atoms with Gasteiger partial charge in [0.1, 0.15) is 18.1 Å². The highest BCUT2D eigenvalue weighted by molar-refractivity contribution is 8.00. The Morgan fingerprint density at radius 1 is 1.08 bits per heavy atom. The van der Waals surface area contributed by atoms with Gasteiger partial charge < -0.3 is 30.7 Å². The fourth-order valence-corrected chi connectivity index (χ4v) is 5.11. The topological polar surface area (TPSA) is 161 Å². The first kappa shape index (κ1) is 37.4. The molecule has 0 aliphatic rings. The minimum Gasteiger partial charge on any atom is -0.480 e. The normalized spacial score (nSPS) is 12.9. The first-order valence-corrected chi connectivity index (χ1v) is 15.9. The van der Waals surface area contributed by atoms with Crippen LogP contribution in [0, 0.1) is 28.5 Å². The Labute approximate surface area is 284 Å². The number of hydrogen-bond donors (Lipinski definition) is 5. The Kier molecular flexibility index (Phi) is 13.0. The number of carboxylic acids is 1. The van der Waals surface area contributed by atoms with Gasteiger partial charge in [-0.3, -0.25) is 14.6 Å². The van der Waals surface area contributed by atoms with Crippen molar-refractivity contribution in [1.29, 1.82) is 5.41 Å². The summed E-state index contributed by atoms with van der Waals surface area (Å²) in [7, 11) is 0. The molecule has 252 valence electrons. The summed E-state index contributed by atoms with van der Waals surface area (Å²) >= 11 is 1.19. The number of amides is 2. The van der Waals surface area contributed by atoms with Gasteiger partial charge >= 0.3 is 5.97 Å². The van der Waals surface area contributed by atoms with E-state index < -0.39 is 35.1 Å². The molecule has 0 aliphatic heterocycles. The molecule has 1 aromatic heterocycles. The number of allylic oxidation sites excluding steroid dienone is 1. The fourth-order valence-electron chi connectivity index (χ4n) is 4.43. The van der Waals surface area contributed by atoms with Crippen molar-refractivity contribution in [2.75, 3.05) is 10.0 Å². The summed E-state index contributed by atoms with van der Waals surface area (Å²) in [5.41, 5.74) is 1.86. The minimum atomic E-state index is -1.40. The molecular weight excluding hydrogens is 633 g/mol. The van der Waals surface area contributed by atoms with Crippen LogP contribution in [0.2, 0.25) is 0 Å². The van der Waals surface area contributed by atoms with E-state index in [9.17, 15) is 24.3 Å². The molecule has 10 nitrogen and oxygen atoms in total. The Bertz CT molecular complexity index is 1690. The summed E-state index contributed by atoms with van der Waals surface area (Å²) in [6.45, 7) is 14.6. The Morgan fingerprint density at radius 3 is 2.31 bits per heavy atom. The zero-order valence-electron chi connectivity index (χ0n) is 27.3. The highest BCUT2D eigenvalue weighted by Crippen LogP contribution is 2.29. The molecule has 0 aliphatic carbocycles. The molecule has 3 atom stereocenters. The van der Waals surface area contributed by atoms with Crippen LogP contribution >= 0.6 is 11.9 Å². The van der Waals surface area contributed by atoms with Crippen LogP contribution in [0.15, 0.2) is 78.9 Å². The van der Waals surface area contributed by atoms with Crippen molar-refractivity contribution in [3.63, 3.8) is 0 Å². The number of nitrogens with one attached hydrogen (secondary N) is 4. The van der Waals surface area contributed by atoms with E-state index in [1.165, 1.54) is 36.4 Å². The van der Waals surface area contributed by atoms with E-state index in [1.807, 2.05) is 20.8 Å². The molecular formula is C36H40FN5O5S. The van der Waals surface area contributed by atoms with Crippen molar-refractivity contribution >= 4 is 59.2 Å². The number of carboxylic acid groups (broad SMARTS) is 1. The highest BCUT2D eigenvalue weighted by atomic mass is 32.2. The molecule has 0 spiro atoms. The zero-order chi connectivity index (χ0) is 35.6. The number of rotatable bonds is 16. The van der Waals surface area contributed by atoms with Crippen molar-refractivity contribution in [2.24, 2.45) is 17.3 Å². The third-order valence-corrected chi connectivity index (χ3v) is 8.41. The third-order valence-electron chi connectivity index (χ3n) is 7.58. The number of hydrogen-bond acceptors (Lipinski definition) is 8. The van der Waals surface area contributed by atoms with E-state index in [0.717, 1.165) is 22.8 Å². The molecule has 3 aromatic rings. The molecule has 0 fully saturated rings. The molecule has 0 bridgehead atoms. The Morgan fingerprint density at radius 2 is 1.77 bits per heavy atom. The van der Waals surface area contributed by atoms with E-state index in [1.54, 1.807) is 43.3 Å². The monoisotopic (exact) mass is 673 g/mol. The van der Waals surface area contributed by atoms with Gasteiger partial charge in [0, 0.05) is 51.9 Å². The summed E-state index contributed by atoms with van der Waals surface area (Å²) in [6, 6.07) is 11.4. The third kappa shape index (κ3) is 10.2. The number of aldehydes is 1. The molecule has 0 radical (unpaired) electrons. The molecule has 48 heavy (non-hydrogen) atoms. The van der Waals surface area contributed by atoms with Gasteiger partial charge in [-0.05, 0) is 78.0 Å². The standard InChI is InChI=1S/C36H40FN5O5S/c1-7-23-16-28(29(37)18-31(23)42-48-27-13-11-25(12-14-27)40-35(47)36(4,5)6)33(44)41-32(34(45)46)17-26-10-9-22(19-39-26)15-24(20-43)21(3)30(38)8-2/h7-14,16,18-21,24,32,38,42H,1-2,15,17H2,3-6H3,(H,40,47)(H,41,44)(H,45,46)/t21?,24?,32-/m0/s1. The molecule has 2 amide bonds. The quantitative estimate of drug-likeness (QED) is 0.0646. The van der Waals surface area contributed by atoms with Crippen LogP contribution in [-0.4, -0.2) is 45.9 Å². The Balaban J connectivity index is 1.66. The van der Waals surface area contributed by atoms with Crippen LogP contribution in [0.4, 0.5) is 15.8 Å². The summed E-state index contributed by atoms with van der Waals surface area (Å²) in [4.78, 5) is 54.0. The number of carbonyl (C=O) groups is 4. The van der Waals surface area contributed by atoms with Crippen molar-refractivity contribution < 1.29 is 28.7 Å². The van der Waals surface area contributed by atoms with Crippen LogP contribution in [-0.2, 0) is 27.2 Å². The van der Waals surface area contributed by atoms with Crippen LogP contribution in [0.3, 0.4) is 0 Å². The van der Waals surface area contributed by atoms with Crippen molar-refractivity contribution in [2.45, 2.75) is 51.5 Å². The molecule has 12 heteroatoms. The van der Waals surface area contributed by atoms with Crippen molar-refractivity contribution in [1.82, 2.24) is 10.3 Å². The van der Waals surface area contributed by atoms with Crippen molar-refractivity contribution in [3.05, 3.63) is 102 Å². The lowest BCUT2D eigenvalue weighted by Crippen LogP contribution is -2.42. The number of aliphatic carboxylic acids is 1. The van der Waals surface area contributed by atoms with Crippen LogP contribution < -0.4 is 15.4 Å². The predicted octanol–water partition coefficient (Wildman–Crippen LogP) is 6.59. The number of pyridine rings is 1. The van der Waals surface area contributed by atoms with Gasteiger partial charge in [0.2, 0.25) is 5.91 Å². The second-order valence-corrected chi connectivity index (χ2v) is 13.1. The van der Waals surface area contributed by atoms with Crippen molar-refractivity contribution in [3.8, 4) is 0 Å². The minimum absolute atomic E-state index is 0.115. The SMILES string of the molecule is C=CC(=N)C(C)C(C=O)Cc1ccc(C[C@H](NC(=O)c2cc(C=C)c(NSc3ccc(NC(=O)C(C)(C)C)cc3)cc2F)C(=O)O)nc1. The van der Waals surface area contributed by atoms with Gasteiger partial charge in [-0.2, -0.15) is 0 Å². The average Bonchev–Trinajstić information content (AvgIpc) is 3.05. The summed E-state index contributed by atoms with van der Waals surface area (Å²) in [6.07, 6.45) is 5.33. The average molecular weight is 674 g/mol. The fraction of sp³-hybridized carbons (Fsp3) is 0.278. The number of nitrogens with zero attached hydrogens (tertiary/aromatic N) is 1. The maximum atomic E-state index is 15.2. The van der Waals surface area contributed by atoms with Gasteiger partial charge in [0.05, 0.1) is 11.3 Å². The molecule has 0 saturated heterocycles. The van der Waals surface area contributed by atoms with Gasteiger partial charge in [-0.1, -0.05) is 53.0 Å². The number of halogens is 1. The van der Waals surface area contributed by atoms with Crippen LogP contribution in [0.1, 0.15) is 54.9 Å². The maximum absolute atomic E-state index is 15.2. The van der Waals surface area contributed by atoms with Crippen LogP contribution in [0.5, 0.6) is 0 Å². The highest BCUT2D eigenvalue weighted by Gasteiger charge is 2.25. The van der Waals surface area contributed by atoms with E-state index in [-0.39, 0.29) is 29.5 Å². The largest absolute Gasteiger partial charge is 0.480 e. The van der Waals surface area contributed by atoms with Crippen LogP contribution in [0.25, 0.3) is 6.08 Å². The summed E-state index contributed by atoms with van der Waals surface area (Å²) < 4.78 is 18.3. The number of benzene rings is 2. The number of anilines is 2. The lowest BCUT2D eigenvalue weighted by molar-refractivity contribution is -0.139. The first-order chi connectivity index (χ1) is 22.7. The van der Waals surface area contributed by atoms with Gasteiger partial charge in [-0.25, -0.2) is 9.18 Å². The molecule has 3 rings (SSSR count). The molecule has 0 saturated carbocycles. The smallest absolute Gasteiger partial charge is 0.326 e. The van der Waals surface area contributed by atoms with Gasteiger partial charge in [0.25, 0.3) is 5.91 Å². The maximum Gasteiger partial charge on any atom is 0.326 e. The lowest BCUT2D eigenvalue weighted by atomic mass is 9.86. The first-order valence-electron chi connectivity index (χ1n) is 15.1. The second-order valence-electron chi connectivity index (χ2n) is 12.2. The second kappa shape index (κ2) is 16.6. The van der Waals surface area contributed by atoms with E-state index in [2.05, 4.69) is 33.5 Å². The van der Waals surface area contributed by atoms with E-state index >= 15 is 4.39 Å². The summed E-state index contributed by atoms with van der Waals surface area (Å²) in [5.74, 6) is -4.00. The zero-order valence-corrected chi connectivity index (χ0v) is 28.1. The number of carbonyl (C=O) groups excluding carboxylic acids is 3. The Hall–Kier alpha value is -5.10. The molecule has 1 heterocycles. The molecule has 5 N–H and O–H groups in total. The lowest BCUT2D eigenvalue weighted by Gasteiger charge is -2.18. The van der Waals surface area contributed by atoms with E-state index in [0.29, 0.717) is 29.1 Å².